The van der Waals surface area contributed by atoms with E-state index in [0.717, 1.165) is 34.7 Å². The minimum absolute atomic E-state index is 0.344. The molecule has 1 atom stereocenters. The number of nitrogens with one attached hydrogen (secondary N) is 1. The van der Waals surface area contributed by atoms with Crippen molar-refractivity contribution >= 4 is 11.3 Å². The standard InChI is InChI=1S/C16H14FN3O/c1-16-12(8-20-16)15(13-5-2-9(17)7-19-13)11-4-3-10(18)6-14(11)21-16/h2-7,20H,8,18H2,1H3. The van der Waals surface area contributed by atoms with E-state index in [2.05, 4.69) is 10.3 Å². The van der Waals surface area contributed by atoms with Gasteiger partial charge in [0.2, 0.25) is 0 Å². The summed E-state index contributed by atoms with van der Waals surface area (Å²) in [6, 6.07) is 8.69. The molecule has 0 spiro atoms. The predicted octanol–water partition coefficient (Wildman–Crippen LogP) is 2.32. The van der Waals surface area contributed by atoms with Gasteiger partial charge in [-0.25, -0.2) is 4.39 Å². The number of pyridine rings is 1. The summed E-state index contributed by atoms with van der Waals surface area (Å²) in [5, 5.41) is 3.27. The highest BCUT2D eigenvalue weighted by Crippen LogP contribution is 2.46. The zero-order chi connectivity index (χ0) is 14.6. The Kier molecular flexibility index (Phi) is 2.38. The summed E-state index contributed by atoms with van der Waals surface area (Å²) in [5.74, 6) is 0.373. The fourth-order valence-corrected chi connectivity index (χ4v) is 2.88. The smallest absolute Gasteiger partial charge is 0.182 e. The molecule has 2 aromatic rings. The van der Waals surface area contributed by atoms with Crippen LogP contribution in [0.2, 0.25) is 0 Å². The van der Waals surface area contributed by atoms with Crippen molar-refractivity contribution in [3.8, 4) is 5.75 Å². The first-order valence-electron chi connectivity index (χ1n) is 6.76. The first-order valence-corrected chi connectivity index (χ1v) is 6.76. The van der Waals surface area contributed by atoms with Gasteiger partial charge in [-0.15, -0.1) is 0 Å². The predicted molar refractivity (Wildman–Crippen MR) is 78.1 cm³/mol. The van der Waals surface area contributed by atoms with E-state index in [9.17, 15) is 4.39 Å². The van der Waals surface area contributed by atoms with E-state index in [-0.39, 0.29) is 5.82 Å². The minimum Gasteiger partial charge on any atom is -0.468 e. The molecule has 2 aliphatic heterocycles. The van der Waals surface area contributed by atoms with Gasteiger partial charge in [-0.1, -0.05) is 0 Å². The average Bonchev–Trinajstić information content (AvgIpc) is 2.44. The van der Waals surface area contributed by atoms with E-state index in [1.54, 1.807) is 12.1 Å². The Balaban J connectivity index is 1.96. The molecule has 1 fully saturated rings. The van der Waals surface area contributed by atoms with Gasteiger partial charge in [0, 0.05) is 35.0 Å². The quantitative estimate of drug-likeness (QED) is 0.789. The molecule has 0 amide bonds. The van der Waals surface area contributed by atoms with Crippen LogP contribution in [0, 0.1) is 5.82 Å². The van der Waals surface area contributed by atoms with Gasteiger partial charge in [0.1, 0.15) is 11.6 Å². The third-order valence-electron chi connectivity index (χ3n) is 4.05. The number of hydrogen-bond acceptors (Lipinski definition) is 4. The highest BCUT2D eigenvalue weighted by atomic mass is 19.1. The second-order valence-corrected chi connectivity index (χ2v) is 5.46. The normalized spacial score (nSPS) is 23.0. The molecule has 0 saturated carbocycles. The molecule has 4 rings (SSSR count). The second kappa shape index (κ2) is 4.05. The van der Waals surface area contributed by atoms with Crippen molar-refractivity contribution in [2.45, 2.75) is 12.6 Å². The zero-order valence-corrected chi connectivity index (χ0v) is 11.5. The SMILES string of the molecule is CC12NCC1=C(c1ccc(F)cn1)c1ccc(N)cc1O2. The molecule has 0 bridgehead atoms. The van der Waals surface area contributed by atoms with Gasteiger partial charge < -0.3 is 10.5 Å². The number of hydrogen-bond donors (Lipinski definition) is 2. The van der Waals surface area contributed by atoms with Crippen LogP contribution in [-0.4, -0.2) is 17.3 Å². The lowest BCUT2D eigenvalue weighted by atomic mass is 9.83. The van der Waals surface area contributed by atoms with Gasteiger partial charge >= 0.3 is 0 Å². The van der Waals surface area contributed by atoms with Crippen LogP contribution < -0.4 is 15.8 Å². The molecule has 21 heavy (non-hydrogen) atoms. The Morgan fingerprint density at radius 2 is 2.19 bits per heavy atom. The molecule has 0 radical (unpaired) electrons. The Hall–Kier alpha value is -2.40. The monoisotopic (exact) mass is 283 g/mol. The van der Waals surface area contributed by atoms with Crippen LogP contribution in [0.25, 0.3) is 5.57 Å². The van der Waals surface area contributed by atoms with Crippen molar-refractivity contribution in [1.82, 2.24) is 10.3 Å². The summed E-state index contributed by atoms with van der Waals surface area (Å²) in [5.41, 5.74) is 9.76. The number of nitrogens with two attached hydrogens (primary N) is 1. The van der Waals surface area contributed by atoms with Gasteiger partial charge in [0.15, 0.2) is 5.72 Å². The molecule has 1 unspecified atom stereocenters. The van der Waals surface area contributed by atoms with Crippen LogP contribution >= 0.6 is 0 Å². The summed E-state index contributed by atoms with van der Waals surface area (Å²) >= 11 is 0. The maximum atomic E-state index is 13.1. The molecule has 2 aliphatic rings. The molecule has 5 heteroatoms. The first-order chi connectivity index (χ1) is 10.1. The maximum absolute atomic E-state index is 13.1. The Labute approximate surface area is 121 Å². The fourth-order valence-electron chi connectivity index (χ4n) is 2.88. The van der Waals surface area contributed by atoms with Crippen LogP contribution in [0.4, 0.5) is 10.1 Å². The van der Waals surface area contributed by atoms with Crippen molar-refractivity contribution < 1.29 is 9.13 Å². The largest absolute Gasteiger partial charge is 0.468 e. The van der Waals surface area contributed by atoms with E-state index in [1.807, 2.05) is 19.1 Å². The molecule has 106 valence electrons. The number of benzene rings is 1. The van der Waals surface area contributed by atoms with Crippen molar-refractivity contribution in [2.24, 2.45) is 0 Å². The van der Waals surface area contributed by atoms with Crippen molar-refractivity contribution in [3.05, 3.63) is 59.2 Å². The van der Waals surface area contributed by atoms with Crippen LogP contribution in [0.3, 0.4) is 0 Å². The summed E-state index contributed by atoms with van der Waals surface area (Å²) in [6.07, 6.45) is 1.23. The van der Waals surface area contributed by atoms with E-state index < -0.39 is 5.72 Å². The molecule has 1 aromatic heterocycles. The van der Waals surface area contributed by atoms with E-state index >= 15 is 0 Å². The summed E-state index contributed by atoms with van der Waals surface area (Å²) < 4.78 is 19.2. The molecule has 3 heterocycles. The Bertz CT molecular complexity index is 770. The number of anilines is 1. The number of nitrogens with zero attached hydrogens (tertiary/aromatic N) is 1. The van der Waals surface area contributed by atoms with Gasteiger partial charge in [0.25, 0.3) is 0 Å². The highest BCUT2D eigenvalue weighted by molar-refractivity contribution is 5.87. The van der Waals surface area contributed by atoms with Gasteiger partial charge in [-0.05, 0) is 31.2 Å². The van der Waals surface area contributed by atoms with Crippen LogP contribution in [0.5, 0.6) is 5.75 Å². The van der Waals surface area contributed by atoms with Gasteiger partial charge in [-0.3, -0.25) is 10.3 Å². The molecule has 4 nitrogen and oxygen atoms in total. The average molecular weight is 283 g/mol. The molecule has 0 aliphatic carbocycles. The van der Waals surface area contributed by atoms with Crippen molar-refractivity contribution in [3.63, 3.8) is 0 Å². The van der Waals surface area contributed by atoms with Gasteiger partial charge in [0.05, 0.1) is 11.9 Å². The van der Waals surface area contributed by atoms with E-state index in [4.69, 9.17) is 10.5 Å². The number of ether oxygens (including phenoxy) is 1. The summed E-state index contributed by atoms with van der Waals surface area (Å²) in [4.78, 5) is 4.23. The molecular formula is C16H14FN3O. The molecule has 3 N–H and O–H groups in total. The number of halogens is 1. The number of fused-ring (bicyclic) bond motifs is 2. The maximum Gasteiger partial charge on any atom is 0.182 e. The number of rotatable bonds is 1. The van der Waals surface area contributed by atoms with Crippen LogP contribution in [-0.2, 0) is 0 Å². The minimum atomic E-state index is -0.536. The van der Waals surface area contributed by atoms with E-state index in [1.165, 1.54) is 12.3 Å². The molecular weight excluding hydrogens is 269 g/mol. The number of aromatic nitrogens is 1. The van der Waals surface area contributed by atoms with Crippen molar-refractivity contribution in [1.29, 1.82) is 0 Å². The topological polar surface area (TPSA) is 60.2 Å². The summed E-state index contributed by atoms with van der Waals surface area (Å²) in [7, 11) is 0. The Morgan fingerprint density at radius 3 is 2.86 bits per heavy atom. The third-order valence-corrected chi connectivity index (χ3v) is 4.05. The number of nitrogen functional groups attached to an aromatic ring is 1. The molecule has 1 saturated heterocycles. The first kappa shape index (κ1) is 12.3. The van der Waals surface area contributed by atoms with Crippen molar-refractivity contribution in [2.75, 3.05) is 12.3 Å². The van der Waals surface area contributed by atoms with Crippen LogP contribution in [0.1, 0.15) is 18.2 Å². The third kappa shape index (κ3) is 1.74. The lowest BCUT2D eigenvalue weighted by molar-refractivity contribution is 0.0457. The fraction of sp³-hybridized carbons (Fsp3) is 0.188. The van der Waals surface area contributed by atoms with Crippen LogP contribution in [0.15, 0.2) is 42.1 Å². The second-order valence-electron chi connectivity index (χ2n) is 5.46. The molecule has 1 aromatic carbocycles. The Morgan fingerprint density at radius 1 is 1.33 bits per heavy atom. The van der Waals surface area contributed by atoms with Gasteiger partial charge in [-0.2, -0.15) is 0 Å². The lowest BCUT2D eigenvalue weighted by Gasteiger charge is -2.47. The summed E-state index contributed by atoms with van der Waals surface area (Å²) in [6.45, 7) is 2.70. The zero-order valence-electron chi connectivity index (χ0n) is 11.5. The lowest BCUT2D eigenvalue weighted by Crippen LogP contribution is -2.62. The highest BCUT2D eigenvalue weighted by Gasteiger charge is 2.46. The van der Waals surface area contributed by atoms with E-state index in [0.29, 0.717) is 5.69 Å².